The minimum absolute atomic E-state index is 0.332. The highest BCUT2D eigenvalue weighted by Gasteiger charge is 2.46. The predicted octanol–water partition coefficient (Wildman–Crippen LogP) is 4.23. The van der Waals surface area contributed by atoms with Crippen molar-refractivity contribution < 1.29 is 0 Å². The highest BCUT2D eigenvalue weighted by molar-refractivity contribution is 5.50. The van der Waals surface area contributed by atoms with E-state index >= 15 is 0 Å². The summed E-state index contributed by atoms with van der Waals surface area (Å²) in [5, 5.41) is 0. The highest BCUT2D eigenvalue weighted by Crippen LogP contribution is 2.54. The Bertz CT molecular complexity index is 611. The van der Waals surface area contributed by atoms with E-state index in [-0.39, 0.29) is 0 Å². The van der Waals surface area contributed by atoms with E-state index in [1.54, 1.807) is 22.3 Å². The van der Waals surface area contributed by atoms with Crippen LogP contribution in [0.2, 0.25) is 0 Å². The lowest BCUT2D eigenvalue weighted by atomic mass is 9.65. The zero-order valence-electron chi connectivity index (χ0n) is 10.8. The van der Waals surface area contributed by atoms with Crippen LogP contribution in [0.5, 0.6) is 0 Å². The lowest BCUT2D eigenvalue weighted by Gasteiger charge is -2.38. The van der Waals surface area contributed by atoms with Crippen LogP contribution in [0.4, 0.5) is 0 Å². The molecule has 0 fully saturated rings. The fourth-order valence-electron chi connectivity index (χ4n) is 4.25. The van der Waals surface area contributed by atoms with Crippen LogP contribution in [-0.4, -0.2) is 0 Å². The first kappa shape index (κ1) is 10.4. The molecule has 2 unspecified atom stereocenters. The van der Waals surface area contributed by atoms with Crippen molar-refractivity contribution in [1.29, 1.82) is 0 Å². The summed E-state index contributed by atoms with van der Waals surface area (Å²) in [6.07, 6.45) is 3.76. The Morgan fingerprint density at radius 3 is 2.56 bits per heavy atom. The Morgan fingerprint density at radius 2 is 1.67 bits per heavy atom. The van der Waals surface area contributed by atoms with Gasteiger partial charge in [-0.1, -0.05) is 55.5 Å². The fraction of sp³-hybridized carbons (Fsp3) is 0.333. The second-order valence-electron chi connectivity index (χ2n) is 6.04. The van der Waals surface area contributed by atoms with E-state index in [2.05, 4.69) is 55.5 Å². The highest BCUT2D eigenvalue weighted by atomic mass is 14.5. The van der Waals surface area contributed by atoms with Crippen molar-refractivity contribution in [2.75, 3.05) is 0 Å². The van der Waals surface area contributed by atoms with Gasteiger partial charge in [-0.15, -0.1) is 0 Å². The van der Waals surface area contributed by atoms with E-state index in [0.29, 0.717) is 5.41 Å². The number of hydrogen-bond acceptors (Lipinski definition) is 0. The van der Waals surface area contributed by atoms with E-state index in [1.807, 2.05) is 0 Å². The van der Waals surface area contributed by atoms with Gasteiger partial charge in [-0.3, -0.25) is 0 Å². The molecule has 0 saturated heterocycles. The monoisotopic (exact) mass is 234 g/mol. The van der Waals surface area contributed by atoms with Crippen LogP contribution in [0, 0.1) is 0 Å². The molecular weight excluding hydrogens is 216 g/mol. The first-order chi connectivity index (χ1) is 8.79. The van der Waals surface area contributed by atoms with Crippen LogP contribution in [0.3, 0.4) is 0 Å². The van der Waals surface area contributed by atoms with Crippen LogP contribution in [0.15, 0.2) is 48.5 Å². The molecule has 90 valence electrons. The fourth-order valence-corrected chi connectivity index (χ4v) is 4.25. The van der Waals surface area contributed by atoms with Crippen LogP contribution in [-0.2, 0) is 18.3 Å². The van der Waals surface area contributed by atoms with Crippen LogP contribution in [0.1, 0.15) is 41.5 Å². The molecule has 0 aromatic heterocycles. The smallest absolute Gasteiger partial charge is 0.00367 e. The minimum atomic E-state index is 0.332. The molecule has 0 N–H and O–H groups in total. The maximum Gasteiger partial charge on any atom is 0.00367 e. The largest absolute Gasteiger partial charge is 0.0620 e. The maximum atomic E-state index is 2.47. The summed E-state index contributed by atoms with van der Waals surface area (Å²) < 4.78 is 0. The van der Waals surface area contributed by atoms with Crippen molar-refractivity contribution >= 4 is 0 Å². The summed E-state index contributed by atoms with van der Waals surface area (Å²) in [6, 6.07) is 18.1. The Hall–Kier alpha value is -1.56. The van der Waals surface area contributed by atoms with Crippen molar-refractivity contribution in [2.45, 2.75) is 37.5 Å². The second-order valence-corrected chi connectivity index (χ2v) is 6.04. The lowest BCUT2D eigenvalue weighted by molar-refractivity contribution is 0.363. The summed E-state index contributed by atoms with van der Waals surface area (Å²) >= 11 is 0. The van der Waals surface area contributed by atoms with Gasteiger partial charge < -0.3 is 0 Å². The van der Waals surface area contributed by atoms with Crippen molar-refractivity contribution in [2.24, 2.45) is 0 Å². The maximum absolute atomic E-state index is 2.47. The van der Waals surface area contributed by atoms with E-state index in [1.165, 1.54) is 19.3 Å². The van der Waals surface area contributed by atoms with Gasteiger partial charge in [-0.25, -0.2) is 0 Å². The van der Waals surface area contributed by atoms with Gasteiger partial charge in [0.25, 0.3) is 0 Å². The molecule has 18 heavy (non-hydrogen) atoms. The summed E-state index contributed by atoms with van der Waals surface area (Å²) in [5.74, 6) is 0.726. The summed E-state index contributed by atoms with van der Waals surface area (Å²) in [6.45, 7) is 2.47. The van der Waals surface area contributed by atoms with Crippen molar-refractivity contribution in [3.63, 3.8) is 0 Å². The molecule has 0 heteroatoms. The molecule has 0 amide bonds. The second kappa shape index (κ2) is 3.47. The van der Waals surface area contributed by atoms with E-state index in [4.69, 9.17) is 0 Å². The van der Waals surface area contributed by atoms with Gasteiger partial charge in [-0.05, 0) is 47.4 Å². The summed E-state index contributed by atoms with van der Waals surface area (Å²) in [7, 11) is 0. The van der Waals surface area contributed by atoms with Crippen LogP contribution < -0.4 is 0 Å². The Kier molecular flexibility index (Phi) is 2.00. The first-order valence-corrected chi connectivity index (χ1v) is 6.95. The molecule has 0 radical (unpaired) electrons. The van der Waals surface area contributed by atoms with Crippen molar-refractivity contribution in [1.82, 2.24) is 0 Å². The first-order valence-electron chi connectivity index (χ1n) is 6.95. The molecular formula is C18H18. The molecule has 2 aromatic carbocycles. The Morgan fingerprint density at radius 1 is 0.944 bits per heavy atom. The average Bonchev–Trinajstić information content (AvgIpc) is 2.71. The minimum Gasteiger partial charge on any atom is -0.0620 e. The van der Waals surface area contributed by atoms with Gasteiger partial charge in [0.15, 0.2) is 0 Å². The Balaban J connectivity index is 1.93. The molecule has 0 saturated carbocycles. The van der Waals surface area contributed by atoms with Crippen molar-refractivity contribution in [3.8, 4) is 0 Å². The summed E-state index contributed by atoms with van der Waals surface area (Å²) in [4.78, 5) is 0. The number of benzene rings is 2. The van der Waals surface area contributed by atoms with Gasteiger partial charge in [0.1, 0.15) is 0 Å². The van der Waals surface area contributed by atoms with Crippen LogP contribution in [0.25, 0.3) is 0 Å². The topological polar surface area (TPSA) is 0 Å². The molecule has 0 heterocycles. The number of aryl methyl sites for hydroxylation is 1. The SMILES string of the molecule is CC12Cc3ccccc3C1CCc1ccccc12. The van der Waals surface area contributed by atoms with Gasteiger partial charge in [0.05, 0.1) is 0 Å². The molecule has 0 spiro atoms. The third-order valence-corrected chi connectivity index (χ3v) is 5.09. The molecule has 0 aliphatic heterocycles. The molecule has 0 nitrogen and oxygen atoms in total. The molecule has 2 aromatic rings. The number of hydrogen-bond donors (Lipinski definition) is 0. The predicted molar refractivity (Wildman–Crippen MR) is 75.0 cm³/mol. The number of rotatable bonds is 0. The zero-order chi connectivity index (χ0) is 12.2. The molecule has 2 aliphatic carbocycles. The quantitative estimate of drug-likeness (QED) is 0.640. The van der Waals surface area contributed by atoms with E-state index < -0.39 is 0 Å². The van der Waals surface area contributed by atoms with E-state index in [0.717, 1.165) is 5.92 Å². The third kappa shape index (κ3) is 1.21. The zero-order valence-corrected chi connectivity index (χ0v) is 10.8. The average molecular weight is 234 g/mol. The van der Waals surface area contributed by atoms with Crippen molar-refractivity contribution in [3.05, 3.63) is 70.8 Å². The van der Waals surface area contributed by atoms with Gasteiger partial charge in [-0.2, -0.15) is 0 Å². The normalized spacial score (nSPS) is 28.4. The summed E-state index contributed by atoms with van der Waals surface area (Å²) in [5.41, 5.74) is 6.68. The molecule has 4 rings (SSSR count). The Labute approximate surface area is 109 Å². The molecule has 2 aliphatic rings. The molecule has 0 bridgehead atoms. The molecule has 2 atom stereocenters. The van der Waals surface area contributed by atoms with E-state index in [9.17, 15) is 0 Å². The van der Waals surface area contributed by atoms with Gasteiger partial charge in [0.2, 0.25) is 0 Å². The lowest BCUT2D eigenvalue weighted by Crippen LogP contribution is -2.32. The number of fused-ring (bicyclic) bond motifs is 5. The van der Waals surface area contributed by atoms with Gasteiger partial charge >= 0.3 is 0 Å². The van der Waals surface area contributed by atoms with Gasteiger partial charge in [0, 0.05) is 5.41 Å². The third-order valence-electron chi connectivity index (χ3n) is 5.09. The van der Waals surface area contributed by atoms with Crippen LogP contribution >= 0.6 is 0 Å². The standard InChI is InChI=1S/C18H18/c1-18-12-14-7-2-4-8-15(14)17(18)11-10-13-6-3-5-9-16(13)18/h2-9,17H,10-12H2,1H3.